The van der Waals surface area contributed by atoms with Gasteiger partial charge < -0.3 is 10.1 Å². The summed E-state index contributed by atoms with van der Waals surface area (Å²) in [6.45, 7) is 1.86. The summed E-state index contributed by atoms with van der Waals surface area (Å²) in [5.74, 6) is 0.572. The van der Waals surface area contributed by atoms with Gasteiger partial charge in [-0.3, -0.25) is 0 Å². The van der Waals surface area contributed by atoms with Crippen LogP contribution in [-0.4, -0.2) is 20.2 Å². The van der Waals surface area contributed by atoms with Crippen LogP contribution in [0.1, 0.15) is 24.3 Å². The fraction of sp³-hybridized carbons (Fsp3) is 0.500. The lowest BCUT2D eigenvalue weighted by atomic mass is 9.90. The SMILES string of the molecule is COc1cc(Cl)c(F)c(C2CCNCC2)c1. The smallest absolute Gasteiger partial charge is 0.145 e. The fourth-order valence-electron chi connectivity index (χ4n) is 2.13. The summed E-state index contributed by atoms with van der Waals surface area (Å²) in [7, 11) is 1.57. The molecule has 2 nitrogen and oxygen atoms in total. The van der Waals surface area contributed by atoms with E-state index in [-0.39, 0.29) is 16.8 Å². The first-order valence-electron chi connectivity index (χ1n) is 5.46. The van der Waals surface area contributed by atoms with E-state index in [1.807, 2.05) is 0 Å². The summed E-state index contributed by atoms with van der Waals surface area (Å²) in [6, 6.07) is 3.28. The molecule has 0 saturated carbocycles. The minimum atomic E-state index is -0.297. The quantitative estimate of drug-likeness (QED) is 0.862. The average Bonchev–Trinajstić information content (AvgIpc) is 2.33. The van der Waals surface area contributed by atoms with Crippen molar-refractivity contribution >= 4 is 11.6 Å². The van der Waals surface area contributed by atoms with Crippen molar-refractivity contribution in [1.82, 2.24) is 5.32 Å². The van der Waals surface area contributed by atoms with Crippen molar-refractivity contribution in [3.8, 4) is 5.75 Å². The first-order valence-corrected chi connectivity index (χ1v) is 5.84. The molecular weight excluding hydrogens is 229 g/mol. The molecule has 1 aliphatic heterocycles. The monoisotopic (exact) mass is 243 g/mol. The Morgan fingerprint density at radius 1 is 1.38 bits per heavy atom. The molecule has 1 aromatic rings. The largest absolute Gasteiger partial charge is 0.497 e. The van der Waals surface area contributed by atoms with E-state index in [1.165, 1.54) is 6.07 Å². The van der Waals surface area contributed by atoms with Gasteiger partial charge in [-0.05, 0) is 43.5 Å². The van der Waals surface area contributed by atoms with E-state index >= 15 is 0 Å². The van der Waals surface area contributed by atoms with E-state index < -0.39 is 0 Å². The van der Waals surface area contributed by atoms with Crippen LogP contribution in [0.4, 0.5) is 4.39 Å². The highest BCUT2D eigenvalue weighted by Crippen LogP contribution is 2.34. The summed E-state index contributed by atoms with van der Waals surface area (Å²) in [5.41, 5.74) is 0.686. The zero-order valence-electron chi connectivity index (χ0n) is 9.22. The zero-order valence-corrected chi connectivity index (χ0v) is 9.98. The molecule has 1 fully saturated rings. The highest BCUT2D eigenvalue weighted by Gasteiger charge is 2.21. The van der Waals surface area contributed by atoms with Crippen LogP contribution in [-0.2, 0) is 0 Å². The Balaban J connectivity index is 2.33. The molecule has 1 N–H and O–H groups in total. The van der Waals surface area contributed by atoms with Crippen LogP contribution in [0.5, 0.6) is 5.75 Å². The molecular formula is C12H15ClFNO. The number of ether oxygens (including phenoxy) is 1. The van der Waals surface area contributed by atoms with Crippen LogP contribution in [0.15, 0.2) is 12.1 Å². The van der Waals surface area contributed by atoms with Crippen LogP contribution in [0.25, 0.3) is 0 Å². The predicted molar refractivity (Wildman–Crippen MR) is 62.8 cm³/mol. The van der Waals surface area contributed by atoms with Crippen molar-refractivity contribution in [3.05, 3.63) is 28.5 Å². The maximum atomic E-state index is 13.9. The van der Waals surface area contributed by atoms with Crippen molar-refractivity contribution in [2.45, 2.75) is 18.8 Å². The minimum Gasteiger partial charge on any atom is -0.497 e. The van der Waals surface area contributed by atoms with Crippen LogP contribution in [0.2, 0.25) is 5.02 Å². The number of halogens is 2. The van der Waals surface area contributed by atoms with Crippen molar-refractivity contribution in [3.63, 3.8) is 0 Å². The Hall–Kier alpha value is -0.800. The van der Waals surface area contributed by atoms with Crippen molar-refractivity contribution in [2.75, 3.05) is 20.2 Å². The maximum absolute atomic E-state index is 13.9. The fourth-order valence-corrected chi connectivity index (χ4v) is 2.35. The number of hydrogen-bond acceptors (Lipinski definition) is 2. The van der Waals surface area contributed by atoms with E-state index in [9.17, 15) is 4.39 Å². The molecule has 0 unspecified atom stereocenters. The van der Waals surface area contributed by atoms with Crippen LogP contribution in [0, 0.1) is 5.82 Å². The van der Waals surface area contributed by atoms with Gasteiger partial charge in [-0.2, -0.15) is 0 Å². The molecule has 0 aliphatic carbocycles. The van der Waals surface area contributed by atoms with E-state index in [0.29, 0.717) is 11.3 Å². The third kappa shape index (κ3) is 2.30. The van der Waals surface area contributed by atoms with Crippen LogP contribution < -0.4 is 10.1 Å². The molecule has 0 amide bonds. The Morgan fingerprint density at radius 2 is 2.06 bits per heavy atom. The molecule has 0 bridgehead atoms. The standard InChI is InChI=1S/C12H15ClFNO/c1-16-9-6-10(12(14)11(13)7-9)8-2-4-15-5-3-8/h6-8,15H,2-5H2,1H3. The Labute approximate surface area is 99.7 Å². The first kappa shape index (κ1) is 11.7. The maximum Gasteiger partial charge on any atom is 0.145 e. The molecule has 4 heteroatoms. The molecule has 0 spiro atoms. The van der Waals surface area contributed by atoms with E-state index in [4.69, 9.17) is 16.3 Å². The normalized spacial score (nSPS) is 17.4. The number of hydrogen-bond donors (Lipinski definition) is 1. The lowest BCUT2D eigenvalue weighted by molar-refractivity contribution is 0.407. The van der Waals surface area contributed by atoms with Gasteiger partial charge in [0, 0.05) is 6.07 Å². The number of benzene rings is 1. The Kier molecular flexibility index (Phi) is 3.66. The van der Waals surface area contributed by atoms with Crippen LogP contribution >= 0.6 is 11.6 Å². The molecule has 2 rings (SSSR count). The van der Waals surface area contributed by atoms with Gasteiger partial charge in [0.1, 0.15) is 11.6 Å². The number of nitrogens with one attached hydrogen (secondary N) is 1. The topological polar surface area (TPSA) is 21.3 Å². The minimum absolute atomic E-state index is 0.146. The molecule has 88 valence electrons. The molecule has 1 heterocycles. The van der Waals surface area contributed by atoms with Gasteiger partial charge in [-0.1, -0.05) is 11.6 Å². The molecule has 1 aliphatic rings. The van der Waals surface area contributed by atoms with E-state index in [0.717, 1.165) is 25.9 Å². The van der Waals surface area contributed by atoms with Gasteiger partial charge in [0.2, 0.25) is 0 Å². The second kappa shape index (κ2) is 5.02. The van der Waals surface area contributed by atoms with Crippen LogP contribution in [0.3, 0.4) is 0 Å². The molecule has 1 saturated heterocycles. The van der Waals surface area contributed by atoms with Gasteiger partial charge in [-0.25, -0.2) is 4.39 Å². The summed E-state index contributed by atoms with van der Waals surface area (Å²) in [4.78, 5) is 0. The molecule has 0 aromatic heterocycles. The van der Waals surface area contributed by atoms with Gasteiger partial charge in [0.05, 0.1) is 12.1 Å². The van der Waals surface area contributed by atoms with Gasteiger partial charge >= 0.3 is 0 Å². The third-order valence-corrected chi connectivity index (χ3v) is 3.32. The van der Waals surface area contributed by atoms with Gasteiger partial charge in [0.25, 0.3) is 0 Å². The first-order chi connectivity index (χ1) is 7.72. The summed E-state index contributed by atoms with van der Waals surface area (Å²) >= 11 is 5.85. The number of methoxy groups -OCH3 is 1. The number of rotatable bonds is 2. The Morgan fingerprint density at radius 3 is 2.69 bits per heavy atom. The van der Waals surface area contributed by atoms with Gasteiger partial charge in [-0.15, -0.1) is 0 Å². The summed E-state index contributed by atoms with van der Waals surface area (Å²) in [5, 5.41) is 3.41. The second-order valence-corrected chi connectivity index (χ2v) is 4.44. The van der Waals surface area contributed by atoms with Crippen molar-refractivity contribution in [2.24, 2.45) is 0 Å². The van der Waals surface area contributed by atoms with Crippen molar-refractivity contribution in [1.29, 1.82) is 0 Å². The highest BCUT2D eigenvalue weighted by molar-refractivity contribution is 6.31. The lowest BCUT2D eigenvalue weighted by Gasteiger charge is -2.24. The molecule has 0 atom stereocenters. The predicted octanol–water partition coefficient (Wildman–Crippen LogP) is 2.95. The highest BCUT2D eigenvalue weighted by atomic mass is 35.5. The van der Waals surface area contributed by atoms with Crippen molar-refractivity contribution < 1.29 is 9.13 Å². The van der Waals surface area contributed by atoms with E-state index in [2.05, 4.69) is 5.32 Å². The van der Waals surface area contributed by atoms with Gasteiger partial charge in [0.15, 0.2) is 0 Å². The second-order valence-electron chi connectivity index (χ2n) is 4.04. The zero-order chi connectivity index (χ0) is 11.5. The number of piperidine rings is 1. The average molecular weight is 244 g/mol. The molecule has 1 aromatic carbocycles. The summed E-state index contributed by atoms with van der Waals surface area (Å²) in [6.07, 6.45) is 1.89. The Bertz CT molecular complexity index is 378. The lowest BCUT2D eigenvalue weighted by Crippen LogP contribution is -2.27. The third-order valence-electron chi connectivity index (χ3n) is 3.04. The molecule has 16 heavy (non-hydrogen) atoms. The molecule has 0 radical (unpaired) electrons. The summed E-state index contributed by atoms with van der Waals surface area (Å²) < 4.78 is 19.0. The van der Waals surface area contributed by atoms with E-state index in [1.54, 1.807) is 13.2 Å².